The van der Waals surface area contributed by atoms with E-state index in [1.165, 1.54) is 23.8 Å². The zero-order valence-electron chi connectivity index (χ0n) is 48.5. The van der Waals surface area contributed by atoms with Gasteiger partial charge in [0.2, 0.25) is 5.91 Å². The second kappa shape index (κ2) is 24.7. The standard InChI is InChI=1S/C55H85N7O18/c1-51(2,3)77-47(69)58-33-21-20-30(25-56-22-17-23-62-44(67)31-18-15-16-19-32(31)45(62)68)75-40(33)36-34(59-48(70)78-52(4,5)6)24-35(57-43(66)37(63)29-26-61(27-29)50(72)80-54(10,11)12)41(38(36)64)76-46-39(65)42(55(13,73)28-74-46)60(14)49(71)79-53(7,8)9/h15-16,18-20,29,33-42,46,56,63-65,73H,17,21-28H2,1-14H3,(H,57,66)(H,58,69)(H,59,70)/t33-,34+,35-,36-,37?,38+,39-,40?,41+,42-,46-,55+/m1/s1. The molecule has 3 fully saturated rings. The van der Waals surface area contributed by atoms with Crippen LogP contribution < -0.4 is 21.3 Å². The lowest BCUT2D eigenvalue weighted by molar-refractivity contribution is -0.306. The fraction of sp³-hybridized carbons (Fsp3) is 0.727. The molecule has 1 saturated carbocycles. The maximum Gasteiger partial charge on any atom is 0.410 e. The molecule has 12 atom stereocenters. The molecule has 8 N–H and O–H groups in total. The topological polar surface area (TPSA) is 323 Å². The number of fused-ring (bicyclic) bond motifs is 1. The SMILES string of the molecule is CN(C(=O)OC(C)(C)C)[C@@H]1[C@@H](O)[C@@H](O[C@@H]2[C@@H](O)[C@H](C3OC(CNCCCN4C(=O)c5ccccc5C4=O)=CC[C@H]3NC(=O)OC(C)(C)C)[C@@H](NC(=O)OC(C)(C)C)C[C@H]2NC(=O)C(O)C2CN(C(=O)OC(C)(C)C)C2)OC[C@]1(C)O. The van der Waals surface area contributed by atoms with Gasteiger partial charge in [0.25, 0.3) is 11.8 Å². The summed E-state index contributed by atoms with van der Waals surface area (Å²) in [6, 6.07) is 1.64. The van der Waals surface area contributed by atoms with Crippen LogP contribution in [0.3, 0.4) is 0 Å². The molecular weight excluding hydrogens is 1050 g/mol. The Bertz CT molecular complexity index is 2420. The third-order valence-corrected chi connectivity index (χ3v) is 13.9. The number of alkyl carbamates (subject to hydrolysis) is 2. The van der Waals surface area contributed by atoms with Crippen LogP contribution in [0.15, 0.2) is 36.1 Å². The van der Waals surface area contributed by atoms with Crippen molar-refractivity contribution in [1.29, 1.82) is 0 Å². The molecule has 1 aromatic carbocycles. The summed E-state index contributed by atoms with van der Waals surface area (Å²) in [5.74, 6) is -3.39. The normalized spacial score (nSPS) is 28.8. The molecule has 1 aliphatic carbocycles. The first kappa shape index (κ1) is 63.4. The Morgan fingerprint density at radius 3 is 1.89 bits per heavy atom. The van der Waals surface area contributed by atoms with Gasteiger partial charge in [-0.05, 0) is 134 Å². The second-order valence-corrected chi connectivity index (χ2v) is 25.5. The van der Waals surface area contributed by atoms with Crippen LogP contribution in [-0.2, 0) is 38.0 Å². The van der Waals surface area contributed by atoms with Crippen LogP contribution in [0.5, 0.6) is 0 Å². The molecule has 25 nitrogen and oxygen atoms in total. The number of benzene rings is 1. The predicted molar refractivity (Wildman–Crippen MR) is 286 cm³/mol. The minimum absolute atomic E-state index is 0.0292. The van der Waals surface area contributed by atoms with E-state index >= 15 is 0 Å². The van der Waals surface area contributed by atoms with E-state index in [9.17, 15) is 54.0 Å². The number of ether oxygens (including phenoxy) is 7. The van der Waals surface area contributed by atoms with Crippen LogP contribution >= 0.6 is 0 Å². The van der Waals surface area contributed by atoms with E-state index in [-0.39, 0.29) is 50.8 Å². The van der Waals surface area contributed by atoms with Crippen molar-refractivity contribution in [2.24, 2.45) is 11.8 Å². The minimum Gasteiger partial charge on any atom is -0.491 e. The highest BCUT2D eigenvalue weighted by Gasteiger charge is 2.57. The lowest BCUT2D eigenvalue weighted by atomic mass is 9.72. The monoisotopic (exact) mass is 1130 g/mol. The van der Waals surface area contributed by atoms with Crippen LogP contribution in [0, 0.1) is 11.8 Å². The zero-order valence-corrected chi connectivity index (χ0v) is 48.5. The molecule has 2 saturated heterocycles. The minimum atomic E-state index is -1.89. The number of hydrogen-bond acceptors (Lipinski definition) is 19. The summed E-state index contributed by atoms with van der Waals surface area (Å²) in [4.78, 5) is 97.6. The van der Waals surface area contributed by atoms with E-state index in [0.29, 0.717) is 29.9 Å². The number of aliphatic hydroxyl groups is 4. The van der Waals surface area contributed by atoms with Gasteiger partial charge in [-0.3, -0.25) is 19.3 Å². The first-order valence-electron chi connectivity index (χ1n) is 27.2. The van der Waals surface area contributed by atoms with Crippen LogP contribution in [0.4, 0.5) is 19.2 Å². The van der Waals surface area contributed by atoms with Crippen molar-refractivity contribution in [2.45, 2.75) is 198 Å². The molecule has 0 radical (unpaired) electrons. The number of hydrogen-bond donors (Lipinski definition) is 8. The molecule has 4 heterocycles. The number of rotatable bonds is 15. The fourth-order valence-electron chi connectivity index (χ4n) is 10.4. The Balaban J connectivity index is 1.33. The molecule has 0 spiro atoms. The molecule has 0 aromatic heterocycles. The third-order valence-electron chi connectivity index (χ3n) is 13.9. The summed E-state index contributed by atoms with van der Waals surface area (Å²) < 4.78 is 41.7. The van der Waals surface area contributed by atoms with E-state index in [0.717, 1.165) is 4.90 Å². The van der Waals surface area contributed by atoms with Gasteiger partial charge in [0.05, 0.1) is 48.5 Å². The molecule has 2 unspecified atom stereocenters. The molecule has 448 valence electrons. The van der Waals surface area contributed by atoms with Crippen molar-refractivity contribution < 1.29 is 87.1 Å². The number of carbonyl (C=O) groups is 7. The second-order valence-electron chi connectivity index (χ2n) is 25.5. The largest absolute Gasteiger partial charge is 0.491 e. The quantitative estimate of drug-likeness (QED) is 0.0711. The van der Waals surface area contributed by atoms with Crippen molar-refractivity contribution in [3.63, 3.8) is 0 Å². The molecule has 0 bridgehead atoms. The molecule has 1 aromatic rings. The predicted octanol–water partition coefficient (Wildman–Crippen LogP) is 2.90. The number of likely N-dealkylation sites (tertiary alicyclic amines) is 1. The Morgan fingerprint density at radius 2 is 1.34 bits per heavy atom. The Kier molecular flexibility index (Phi) is 19.6. The number of imide groups is 1. The Hall–Kier alpha value is -5.83. The lowest BCUT2D eigenvalue weighted by Gasteiger charge is -2.52. The number of nitrogens with zero attached hydrogens (tertiary/aromatic N) is 3. The Labute approximate surface area is 467 Å². The maximum absolute atomic E-state index is 14.3. The average Bonchev–Trinajstić information content (AvgIpc) is 3.53. The highest BCUT2D eigenvalue weighted by atomic mass is 16.7. The molecule has 6 rings (SSSR count). The van der Waals surface area contributed by atoms with Gasteiger partial charge < -0.3 is 84.7 Å². The fourth-order valence-corrected chi connectivity index (χ4v) is 10.4. The molecule has 7 amide bonds. The van der Waals surface area contributed by atoms with E-state index < -0.39 is 138 Å². The van der Waals surface area contributed by atoms with E-state index in [2.05, 4.69) is 21.3 Å². The van der Waals surface area contributed by atoms with E-state index in [1.807, 2.05) is 0 Å². The summed E-state index contributed by atoms with van der Waals surface area (Å²) >= 11 is 0. The lowest BCUT2D eigenvalue weighted by Crippen LogP contribution is -2.71. The summed E-state index contributed by atoms with van der Waals surface area (Å²) in [5.41, 5.74) is -4.95. The van der Waals surface area contributed by atoms with Crippen molar-refractivity contribution in [2.75, 3.05) is 46.4 Å². The molecule has 80 heavy (non-hydrogen) atoms. The number of aliphatic hydroxyl groups excluding tert-OH is 3. The van der Waals surface area contributed by atoms with Gasteiger partial charge in [0.15, 0.2) is 6.29 Å². The zero-order chi connectivity index (χ0) is 59.6. The van der Waals surface area contributed by atoms with Gasteiger partial charge in [-0.1, -0.05) is 12.1 Å². The molecule has 25 heteroatoms. The van der Waals surface area contributed by atoms with Crippen LogP contribution in [-0.4, -0.2) is 213 Å². The van der Waals surface area contributed by atoms with Crippen LogP contribution in [0.2, 0.25) is 0 Å². The number of amides is 7. The average molecular weight is 1130 g/mol. The summed E-state index contributed by atoms with van der Waals surface area (Å²) in [6.45, 7) is 21.3. The van der Waals surface area contributed by atoms with Gasteiger partial charge in [-0.15, -0.1) is 0 Å². The molecule has 4 aliphatic heterocycles. The Morgan fingerprint density at radius 1 is 0.787 bits per heavy atom. The summed E-state index contributed by atoms with van der Waals surface area (Å²) in [6.07, 6.45) is -11.4. The van der Waals surface area contributed by atoms with Crippen molar-refractivity contribution >= 4 is 42.1 Å². The third kappa shape index (κ3) is 16.2. The van der Waals surface area contributed by atoms with Gasteiger partial charge >= 0.3 is 24.4 Å². The first-order valence-corrected chi connectivity index (χ1v) is 27.2. The van der Waals surface area contributed by atoms with Gasteiger partial charge in [0, 0.05) is 44.6 Å². The molecular formula is C55H85N7O18. The summed E-state index contributed by atoms with van der Waals surface area (Å²) in [7, 11) is 1.32. The van der Waals surface area contributed by atoms with E-state index in [4.69, 9.17) is 33.2 Å². The highest BCUT2D eigenvalue weighted by Crippen LogP contribution is 2.39. The maximum atomic E-state index is 14.3. The smallest absolute Gasteiger partial charge is 0.410 e. The van der Waals surface area contributed by atoms with Gasteiger partial charge in [0.1, 0.15) is 58.2 Å². The van der Waals surface area contributed by atoms with Crippen LogP contribution in [0.25, 0.3) is 0 Å². The first-order chi connectivity index (χ1) is 36.9. The number of likely N-dealkylation sites (N-methyl/N-ethyl adjacent to an activating group) is 1. The van der Waals surface area contributed by atoms with E-state index in [1.54, 1.807) is 113 Å². The van der Waals surface area contributed by atoms with Crippen molar-refractivity contribution in [1.82, 2.24) is 36.0 Å². The van der Waals surface area contributed by atoms with Crippen LogP contribution in [0.1, 0.15) is 130 Å². The number of nitrogens with one attached hydrogen (secondary N) is 4. The highest BCUT2D eigenvalue weighted by molar-refractivity contribution is 6.21. The van der Waals surface area contributed by atoms with Crippen molar-refractivity contribution in [3.8, 4) is 0 Å². The van der Waals surface area contributed by atoms with Gasteiger partial charge in [-0.2, -0.15) is 0 Å². The van der Waals surface area contributed by atoms with Crippen molar-refractivity contribution in [3.05, 3.63) is 47.2 Å². The van der Waals surface area contributed by atoms with Gasteiger partial charge in [-0.25, -0.2) is 19.2 Å². The summed E-state index contributed by atoms with van der Waals surface area (Å²) in [5, 5.41) is 60.1. The molecule has 5 aliphatic rings. The number of carbonyl (C=O) groups excluding carboxylic acids is 7.